The molecule has 3 heterocycles. The molecule has 2 aromatic carbocycles. The molecule has 0 bridgehead atoms. The molecule has 4 heteroatoms. The molecule has 0 saturated carbocycles. The first kappa shape index (κ1) is 52.3. The fourth-order valence-electron chi connectivity index (χ4n) is 3.07. The predicted octanol–water partition coefficient (Wildman–Crippen LogP) is 11.7. The summed E-state index contributed by atoms with van der Waals surface area (Å²) in [5, 5.41) is 4.60. The Kier molecular flexibility index (Phi) is 43.6. The van der Waals surface area contributed by atoms with Crippen molar-refractivity contribution in [2.75, 3.05) is 5.84 Å². The number of nitrogens with two attached hydrogens (primary N) is 1. The summed E-state index contributed by atoms with van der Waals surface area (Å²) >= 11 is 0. The molecule has 2 N–H and O–H groups in total. The van der Waals surface area contributed by atoms with Gasteiger partial charge in [0.15, 0.2) is 12.4 Å². The highest BCUT2D eigenvalue weighted by atomic mass is 15.3. The summed E-state index contributed by atoms with van der Waals surface area (Å²) in [7, 11) is 0. The van der Waals surface area contributed by atoms with E-state index in [1.165, 1.54) is 21.3 Å². The molecule has 5 rings (SSSR count). The molecule has 5 aromatic rings. The van der Waals surface area contributed by atoms with Crippen molar-refractivity contribution in [3.63, 3.8) is 0 Å². The van der Waals surface area contributed by atoms with Gasteiger partial charge in [0.1, 0.15) is 0 Å². The van der Waals surface area contributed by atoms with Crippen molar-refractivity contribution < 1.29 is 4.68 Å². The van der Waals surface area contributed by atoms with Gasteiger partial charge in [-0.2, -0.15) is 5.10 Å². The van der Waals surface area contributed by atoms with Crippen LogP contribution < -0.4 is 10.5 Å². The molecule has 0 fully saturated rings. The number of benzene rings is 2. The highest BCUT2D eigenvalue weighted by Crippen LogP contribution is 2.24. The minimum absolute atomic E-state index is 0. The summed E-state index contributed by atoms with van der Waals surface area (Å²) < 4.78 is 3.43. The van der Waals surface area contributed by atoms with E-state index in [1.807, 2.05) is 152 Å². The van der Waals surface area contributed by atoms with E-state index >= 15 is 0 Å². The minimum atomic E-state index is 0. The van der Waals surface area contributed by atoms with E-state index in [4.69, 9.17) is 5.84 Å². The molecule has 0 aliphatic heterocycles. The molecule has 0 unspecified atom stereocenters. The number of pyridine rings is 2. The van der Waals surface area contributed by atoms with Crippen LogP contribution in [0.1, 0.15) is 103 Å². The molecule has 0 saturated heterocycles. The second-order valence-electron chi connectivity index (χ2n) is 6.93. The molecule has 3 aromatic heterocycles. The lowest BCUT2D eigenvalue weighted by molar-refractivity contribution is -0.638. The highest BCUT2D eigenvalue weighted by Gasteiger charge is 2.09. The first-order valence-electron chi connectivity index (χ1n) is 14.4. The van der Waals surface area contributed by atoms with E-state index in [1.54, 1.807) is 12.4 Å². The van der Waals surface area contributed by atoms with Gasteiger partial charge in [-0.1, -0.05) is 156 Å². The summed E-state index contributed by atoms with van der Waals surface area (Å²) in [4.78, 5) is 0. The first-order valence-corrected chi connectivity index (χ1v) is 14.4. The average Bonchev–Trinajstić information content (AvgIpc) is 3.39. The molecule has 44 heavy (non-hydrogen) atoms. The first-order chi connectivity index (χ1) is 19.7. The maximum Gasteiger partial charge on any atom is 0.199 e. The fourth-order valence-corrected chi connectivity index (χ4v) is 3.07. The highest BCUT2D eigenvalue weighted by molar-refractivity contribution is 5.72. The Morgan fingerprint density at radius 3 is 1.45 bits per heavy atom. The van der Waals surface area contributed by atoms with Gasteiger partial charge >= 0.3 is 0 Å². The molecular formula is C40H67N4+. The zero-order chi connectivity index (χ0) is 30.6. The van der Waals surface area contributed by atoms with Gasteiger partial charge in [0.25, 0.3) is 0 Å². The second-order valence-corrected chi connectivity index (χ2v) is 6.93. The van der Waals surface area contributed by atoms with Crippen LogP contribution in [-0.2, 0) is 0 Å². The monoisotopic (exact) mass is 604 g/mol. The molecule has 0 radical (unpaired) electrons. The third kappa shape index (κ3) is 20.5. The number of hydrogen-bond acceptors (Lipinski definition) is 2. The van der Waals surface area contributed by atoms with Gasteiger partial charge in [-0.05, 0) is 38.1 Å². The Bertz CT molecular complexity index is 1280. The molecule has 0 aliphatic carbocycles. The van der Waals surface area contributed by atoms with E-state index in [0.29, 0.717) is 0 Å². The number of nitrogens with zero attached hydrogens (tertiary/aromatic N) is 3. The third-order valence-corrected chi connectivity index (χ3v) is 4.62. The summed E-state index contributed by atoms with van der Waals surface area (Å²) in [5.41, 5.74) is 5.71. The Morgan fingerprint density at radius 2 is 1.05 bits per heavy atom. The molecule has 0 aliphatic rings. The smallest absolute Gasteiger partial charge is 0.199 e. The SMILES string of the molecule is C.C.C.C.CC.CC.CC.CC.CC#Cc1ccccc1.Cc1c(-c2ccccc2)nn2ccccc12.N[n+]1ccccc1. The van der Waals surface area contributed by atoms with E-state index in [0.717, 1.165) is 11.3 Å². The Labute approximate surface area is 274 Å². The largest absolute Gasteiger partial charge is 0.240 e. The lowest BCUT2D eigenvalue weighted by atomic mass is 10.1. The van der Waals surface area contributed by atoms with Crippen molar-refractivity contribution in [1.82, 2.24) is 9.61 Å². The van der Waals surface area contributed by atoms with Crippen LogP contribution in [0.4, 0.5) is 0 Å². The number of aryl methyl sites for hydroxylation is 1. The number of hydrogen-bond donors (Lipinski definition) is 1. The van der Waals surface area contributed by atoms with Gasteiger partial charge in [-0.25, -0.2) is 10.4 Å². The number of aromatic nitrogens is 3. The van der Waals surface area contributed by atoms with Crippen LogP contribution in [0.15, 0.2) is 116 Å². The van der Waals surface area contributed by atoms with E-state index in [9.17, 15) is 0 Å². The summed E-state index contributed by atoms with van der Waals surface area (Å²) in [6.45, 7) is 20.0. The van der Waals surface area contributed by atoms with E-state index < -0.39 is 0 Å². The summed E-state index contributed by atoms with van der Waals surface area (Å²) in [5.74, 6) is 11.1. The Hall–Kier alpha value is -4.36. The lowest BCUT2D eigenvalue weighted by Gasteiger charge is -1.96. The molecule has 246 valence electrons. The van der Waals surface area contributed by atoms with Crippen molar-refractivity contribution >= 4 is 5.52 Å². The van der Waals surface area contributed by atoms with E-state index in [2.05, 4.69) is 42.1 Å². The molecular weight excluding hydrogens is 536 g/mol. The summed E-state index contributed by atoms with van der Waals surface area (Å²) in [6, 6.07) is 32.0. The molecule has 0 amide bonds. The van der Waals surface area contributed by atoms with Crippen LogP contribution in [0.3, 0.4) is 0 Å². The molecule has 0 atom stereocenters. The second kappa shape index (κ2) is 36.7. The van der Waals surface area contributed by atoms with Crippen LogP contribution in [0.25, 0.3) is 16.8 Å². The molecule has 4 nitrogen and oxygen atoms in total. The van der Waals surface area contributed by atoms with Crippen molar-refractivity contribution in [3.8, 4) is 23.1 Å². The van der Waals surface area contributed by atoms with E-state index in [-0.39, 0.29) is 29.7 Å². The van der Waals surface area contributed by atoms with Crippen LogP contribution >= 0.6 is 0 Å². The Morgan fingerprint density at radius 1 is 0.614 bits per heavy atom. The van der Waals surface area contributed by atoms with Crippen molar-refractivity contribution in [2.45, 2.75) is 98.9 Å². The zero-order valence-electron chi connectivity index (χ0n) is 26.4. The van der Waals surface area contributed by atoms with Gasteiger partial charge < -0.3 is 0 Å². The van der Waals surface area contributed by atoms with Gasteiger partial charge in [-0.3, -0.25) is 0 Å². The van der Waals surface area contributed by atoms with Gasteiger partial charge in [0.2, 0.25) is 0 Å². The zero-order valence-corrected chi connectivity index (χ0v) is 26.4. The molecule has 0 spiro atoms. The number of nitrogen functional groups attached to an aromatic ring is 1. The van der Waals surface area contributed by atoms with Crippen molar-refractivity contribution in [1.29, 1.82) is 0 Å². The maximum absolute atomic E-state index is 5.27. The van der Waals surface area contributed by atoms with Gasteiger partial charge in [0.05, 0.1) is 11.2 Å². The standard InChI is InChI=1S/C14H12N2.C9H8.C5H7N2.4C2H6.4CH4/c1-11-13-9-5-6-10-16(13)15-14(11)12-7-3-2-4-8-12;1-2-6-9-7-4-3-5-8-9;6-7-4-2-1-3-5-7;4*1-2;;;;/h2-10H,1H3;3-5,7-8H,1H3;1-5H,6H2;4*1-2H3;4*1H4/q;;+1;;;;;;;;. The predicted molar refractivity (Wildman–Crippen MR) is 203 cm³/mol. The van der Waals surface area contributed by atoms with Crippen LogP contribution in [-0.4, -0.2) is 9.61 Å². The lowest BCUT2D eigenvalue weighted by Crippen LogP contribution is -2.42. The maximum atomic E-state index is 5.27. The fraction of sp³-hybridized carbons (Fsp3) is 0.350. The van der Waals surface area contributed by atoms with Crippen molar-refractivity contribution in [2.24, 2.45) is 0 Å². The van der Waals surface area contributed by atoms with Crippen molar-refractivity contribution in [3.05, 3.63) is 127 Å². The average molecular weight is 604 g/mol. The van der Waals surface area contributed by atoms with Gasteiger partial charge in [-0.15, -0.1) is 5.92 Å². The minimum Gasteiger partial charge on any atom is -0.240 e. The number of fused-ring (bicyclic) bond motifs is 1. The third-order valence-electron chi connectivity index (χ3n) is 4.62. The quantitative estimate of drug-likeness (QED) is 0.118. The van der Waals surface area contributed by atoms with Gasteiger partial charge in [0, 0.05) is 35.0 Å². The summed E-state index contributed by atoms with van der Waals surface area (Å²) in [6.07, 6.45) is 5.54. The topological polar surface area (TPSA) is 47.2 Å². The Balaban J connectivity index is -0.000000113. The van der Waals surface area contributed by atoms with Crippen LogP contribution in [0.5, 0.6) is 0 Å². The van der Waals surface area contributed by atoms with Crippen LogP contribution in [0, 0.1) is 18.8 Å². The number of rotatable bonds is 1. The van der Waals surface area contributed by atoms with Crippen LogP contribution in [0.2, 0.25) is 0 Å². The normalized spacial score (nSPS) is 7.41.